The van der Waals surface area contributed by atoms with Crippen molar-refractivity contribution < 1.29 is 14.5 Å². The van der Waals surface area contributed by atoms with Crippen LogP contribution in [0.1, 0.15) is 10.4 Å². The zero-order valence-corrected chi connectivity index (χ0v) is 11.2. The number of anilines is 1. The molecule has 1 heterocycles. The van der Waals surface area contributed by atoms with E-state index in [9.17, 15) is 14.9 Å². The van der Waals surface area contributed by atoms with Crippen LogP contribution in [0.25, 0.3) is 0 Å². The lowest BCUT2D eigenvalue weighted by Gasteiger charge is -2.27. The second-order valence-corrected chi connectivity index (χ2v) is 4.57. The Balaban J connectivity index is 2.36. The number of rotatable bonds is 3. The van der Waals surface area contributed by atoms with Crippen LogP contribution < -0.4 is 11.3 Å². The van der Waals surface area contributed by atoms with Crippen molar-refractivity contribution in [2.45, 2.75) is 0 Å². The second-order valence-electron chi connectivity index (χ2n) is 4.16. The molecule has 8 nitrogen and oxygen atoms in total. The predicted octanol–water partition coefficient (Wildman–Crippen LogP) is 1.01. The van der Waals surface area contributed by atoms with Gasteiger partial charge in [-0.25, -0.2) is 0 Å². The Hall–Kier alpha value is -1.90. The van der Waals surface area contributed by atoms with Crippen LogP contribution in [-0.2, 0) is 4.74 Å². The quantitative estimate of drug-likeness (QED) is 0.489. The summed E-state index contributed by atoms with van der Waals surface area (Å²) >= 11 is 5.92. The van der Waals surface area contributed by atoms with Gasteiger partial charge in [-0.05, 0) is 6.07 Å². The van der Waals surface area contributed by atoms with Gasteiger partial charge >= 0.3 is 0 Å². The van der Waals surface area contributed by atoms with Crippen molar-refractivity contribution in [3.05, 3.63) is 32.8 Å². The average molecular weight is 301 g/mol. The smallest absolute Gasteiger partial charge is 0.295 e. The van der Waals surface area contributed by atoms with E-state index in [0.29, 0.717) is 26.3 Å². The highest BCUT2D eigenvalue weighted by Gasteiger charge is 2.24. The van der Waals surface area contributed by atoms with Gasteiger partial charge in [0.25, 0.3) is 11.6 Å². The summed E-state index contributed by atoms with van der Waals surface area (Å²) in [7, 11) is 0. The van der Waals surface area contributed by atoms with E-state index >= 15 is 0 Å². The van der Waals surface area contributed by atoms with Crippen molar-refractivity contribution in [2.75, 3.05) is 31.7 Å². The Kier molecular flexibility index (Phi) is 4.38. The molecule has 0 radical (unpaired) electrons. The lowest BCUT2D eigenvalue weighted by molar-refractivity contribution is -0.384. The Labute approximate surface area is 119 Å². The zero-order chi connectivity index (χ0) is 14.7. The molecule has 0 aromatic heterocycles. The number of nitro groups is 1. The SMILES string of the molecule is NNc1c(Cl)cc(C(=O)N2CCOCC2)cc1[N+](=O)[O-]. The van der Waals surface area contributed by atoms with Gasteiger partial charge in [-0.3, -0.25) is 20.8 Å². The number of amides is 1. The minimum absolute atomic E-state index is 0.0183. The summed E-state index contributed by atoms with van der Waals surface area (Å²) < 4.78 is 5.15. The van der Waals surface area contributed by atoms with Gasteiger partial charge in [-0.1, -0.05) is 11.6 Å². The number of halogens is 1. The van der Waals surface area contributed by atoms with Crippen molar-refractivity contribution in [3.8, 4) is 0 Å². The first-order valence-corrected chi connectivity index (χ1v) is 6.24. The first-order valence-electron chi connectivity index (χ1n) is 5.86. The zero-order valence-electron chi connectivity index (χ0n) is 10.5. The molecule has 1 fully saturated rings. The number of hydrogen-bond acceptors (Lipinski definition) is 6. The van der Waals surface area contributed by atoms with Crippen LogP contribution in [0.2, 0.25) is 5.02 Å². The standard InChI is InChI=1S/C11H13ClN4O4/c12-8-5-7(6-9(16(18)19)10(8)14-13)11(17)15-1-3-20-4-2-15/h5-6,14H,1-4,13H2. The molecule has 0 atom stereocenters. The number of carbonyl (C=O) groups is 1. The highest BCUT2D eigenvalue weighted by atomic mass is 35.5. The van der Waals surface area contributed by atoms with Gasteiger partial charge in [0, 0.05) is 24.7 Å². The number of morpholine rings is 1. The van der Waals surface area contributed by atoms with E-state index in [2.05, 4.69) is 5.43 Å². The van der Waals surface area contributed by atoms with Crippen LogP contribution in [0.5, 0.6) is 0 Å². The van der Waals surface area contributed by atoms with Crippen LogP contribution >= 0.6 is 11.6 Å². The normalized spacial score (nSPS) is 15.0. The molecular formula is C11H13ClN4O4. The van der Waals surface area contributed by atoms with E-state index in [1.54, 1.807) is 4.90 Å². The fourth-order valence-corrected chi connectivity index (χ4v) is 2.22. The maximum atomic E-state index is 12.3. The third-order valence-electron chi connectivity index (χ3n) is 2.96. The molecular weight excluding hydrogens is 288 g/mol. The molecule has 3 N–H and O–H groups in total. The van der Waals surface area contributed by atoms with E-state index in [-0.39, 0.29) is 27.9 Å². The summed E-state index contributed by atoms with van der Waals surface area (Å²) in [5, 5.41) is 11.0. The molecule has 0 unspecified atom stereocenters. The topological polar surface area (TPSA) is 111 Å². The van der Waals surface area contributed by atoms with Gasteiger partial charge < -0.3 is 15.1 Å². The monoisotopic (exact) mass is 300 g/mol. The minimum Gasteiger partial charge on any atom is -0.378 e. The summed E-state index contributed by atoms with van der Waals surface area (Å²) in [6.07, 6.45) is 0. The van der Waals surface area contributed by atoms with Gasteiger partial charge in [0.1, 0.15) is 5.69 Å². The van der Waals surface area contributed by atoms with E-state index < -0.39 is 4.92 Å². The number of hydrazine groups is 1. The molecule has 0 spiro atoms. The van der Waals surface area contributed by atoms with Gasteiger partial charge in [-0.2, -0.15) is 0 Å². The van der Waals surface area contributed by atoms with Gasteiger partial charge in [0.2, 0.25) is 0 Å². The highest BCUT2D eigenvalue weighted by Crippen LogP contribution is 2.33. The molecule has 9 heteroatoms. The Morgan fingerprint density at radius 3 is 2.65 bits per heavy atom. The molecule has 0 bridgehead atoms. The fourth-order valence-electron chi connectivity index (χ4n) is 1.95. The first-order chi connectivity index (χ1) is 9.54. The van der Waals surface area contributed by atoms with E-state index in [4.69, 9.17) is 22.2 Å². The number of hydrogen-bond donors (Lipinski definition) is 2. The van der Waals surface area contributed by atoms with E-state index in [0.717, 1.165) is 0 Å². The van der Waals surface area contributed by atoms with Crippen molar-refractivity contribution in [1.29, 1.82) is 0 Å². The third-order valence-corrected chi connectivity index (χ3v) is 3.25. The lowest BCUT2D eigenvalue weighted by Crippen LogP contribution is -2.40. The summed E-state index contributed by atoms with van der Waals surface area (Å²) in [6.45, 7) is 1.79. The number of ether oxygens (including phenoxy) is 1. The van der Waals surface area contributed by atoms with Crippen LogP contribution in [0.15, 0.2) is 12.1 Å². The largest absolute Gasteiger partial charge is 0.378 e. The summed E-state index contributed by atoms with van der Waals surface area (Å²) in [6, 6.07) is 2.53. The van der Waals surface area contributed by atoms with Crippen LogP contribution in [0.4, 0.5) is 11.4 Å². The molecule has 1 aliphatic heterocycles. The molecule has 20 heavy (non-hydrogen) atoms. The predicted molar refractivity (Wildman–Crippen MR) is 72.6 cm³/mol. The van der Waals surface area contributed by atoms with E-state index in [1.807, 2.05) is 0 Å². The number of nitrogens with one attached hydrogen (secondary N) is 1. The molecule has 1 aliphatic rings. The van der Waals surface area contributed by atoms with Crippen molar-refractivity contribution in [2.24, 2.45) is 5.84 Å². The molecule has 0 saturated carbocycles. The first kappa shape index (κ1) is 14.5. The average Bonchev–Trinajstić information content (AvgIpc) is 2.46. The summed E-state index contributed by atoms with van der Waals surface area (Å²) in [5.41, 5.74) is 1.97. The third kappa shape index (κ3) is 2.82. The summed E-state index contributed by atoms with van der Waals surface area (Å²) in [5.74, 6) is 4.89. The van der Waals surface area contributed by atoms with Crippen molar-refractivity contribution >= 4 is 28.9 Å². The van der Waals surface area contributed by atoms with Crippen molar-refractivity contribution in [3.63, 3.8) is 0 Å². The Morgan fingerprint density at radius 2 is 2.10 bits per heavy atom. The summed E-state index contributed by atoms with van der Waals surface area (Å²) in [4.78, 5) is 24.2. The molecule has 1 aromatic rings. The molecule has 2 rings (SSSR count). The van der Waals surface area contributed by atoms with Gasteiger partial charge in [0.15, 0.2) is 0 Å². The Morgan fingerprint density at radius 1 is 1.45 bits per heavy atom. The van der Waals surface area contributed by atoms with Crippen LogP contribution in [0, 0.1) is 10.1 Å². The van der Waals surface area contributed by atoms with Crippen LogP contribution in [0.3, 0.4) is 0 Å². The second kappa shape index (κ2) is 6.04. The molecule has 0 aliphatic carbocycles. The fraction of sp³-hybridized carbons (Fsp3) is 0.364. The highest BCUT2D eigenvalue weighted by molar-refractivity contribution is 6.34. The number of nitro benzene ring substituents is 1. The van der Waals surface area contributed by atoms with Gasteiger partial charge in [-0.15, -0.1) is 0 Å². The van der Waals surface area contributed by atoms with Crippen LogP contribution in [-0.4, -0.2) is 42.0 Å². The van der Waals surface area contributed by atoms with E-state index in [1.165, 1.54) is 12.1 Å². The minimum atomic E-state index is -0.642. The number of benzene rings is 1. The molecule has 1 amide bonds. The van der Waals surface area contributed by atoms with Gasteiger partial charge in [0.05, 0.1) is 23.2 Å². The number of nitrogens with two attached hydrogens (primary N) is 1. The molecule has 1 saturated heterocycles. The lowest BCUT2D eigenvalue weighted by atomic mass is 10.1. The maximum Gasteiger partial charge on any atom is 0.295 e. The molecule has 108 valence electrons. The number of nitrogen functional groups attached to an aromatic ring is 1. The number of carbonyl (C=O) groups excluding carboxylic acids is 1. The van der Waals surface area contributed by atoms with Crippen molar-refractivity contribution in [1.82, 2.24) is 4.90 Å². The maximum absolute atomic E-state index is 12.3. The molecule has 1 aromatic carbocycles. The Bertz CT molecular complexity index is 545. The number of nitrogens with zero attached hydrogens (tertiary/aromatic N) is 2.